The first-order chi connectivity index (χ1) is 10.3. The fourth-order valence-corrected chi connectivity index (χ4v) is 2.74. The van der Waals surface area contributed by atoms with Gasteiger partial charge >= 0.3 is 0 Å². The lowest BCUT2D eigenvalue weighted by molar-refractivity contribution is -0.132. The second-order valence-electron chi connectivity index (χ2n) is 5.19. The molecular weight excluding hydrogens is 304 g/mol. The molecule has 1 unspecified atom stereocenters. The van der Waals surface area contributed by atoms with E-state index in [0.717, 1.165) is 25.9 Å². The van der Waals surface area contributed by atoms with Crippen LogP contribution in [0, 0.1) is 0 Å². The summed E-state index contributed by atoms with van der Waals surface area (Å²) in [4.78, 5) is 14.2. The van der Waals surface area contributed by atoms with Gasteiger partial charge in [-0.3, -0.25) is 4.79 Å². The first kappa shape index (κ1) is 18.6. The van der Waals surface area contributed by atoms with Crippen molar-refractivity contribution in [1.82, 2.24) is 10.2 Å². The van der Waals surface area contributed by atoms with E-state index in [1.165, 1.54) is 0 Å². The van der Waals surface area contributed by atoms with Crippen LogP contribution in [0.3, 0.4) is 0 Å². The molecule has 0 spiro atoms. The van der Waals surface area contributed by atoms with E-state index in [1.54, 1.807) is 7.11 Å². The van der Waals surface area contributed by atoms with Crippen molar-refractivity contribution in [3.63, 3.8) is 0 Å². The predicted octanol–water partition coefficient (Wildman–Crippen LogP) is 2.10. The number of hydrogen-bond acceptors (Lipinski definition) is 4. The van der Waals surface area contributed by atoms with Gasteiger partial charge in [0.25, 0.3) is 0 Å². The number of likely N-dealkylation sites (tertiary alicyclic amines) is 1. The van der Waals surface area contributed by atoms with E-state index < -0.39 is 0 Å². The van der Waals surface area contributed by atoms with Gasteiger partial charge < -0.3 is 19.7 Å². The van der Waals surface area contributed by atoms with Crippen LogP contribution in [0.1, 0.15) is 19.3 Å². The number of halogens is 1. The fourth-order valence-electron chi connectivity index (χ4n) is 2.74. The lowest BCUT2D eigenvalue weighted by atomic mass is 10.2. The quantitative estimate of drug-likeness (QED) is 0.832. The molecule has 1 aromatic carbocycles. The van der Waals surface area contributed by atoms with Gasteiger partial charge in [-0.25, -0.2) is 0 Å². The average Bonchev–Trinajstić information content (AvgIpc) is 2.96. The van der Waals surface area contributed by atoms with Crippen LogP contribution in [-0.2, 0) is 4.79 Å². The zero-order valence-electron chi connectivity index (χ0n) is 13.2. The van der Waals surface area contributed by atoms with Crippen LogP contribution in [-0.4, -0.2) is 50.7 Å². The lowest BCUT2D eigenvalue weighted by Gasteiger charge is -2.24. The summed E-state index contributed by atoms with van der Waals surface area (Å²) in [7, 11) is 3.53. The third-order valence-corrected chi connectivity index (χ3v) is 3.78. The third kappa shape index (κ3) is 4.78. The number of amides is 1. The van der Waals surface area contributed by atoms with Gasteiger partial charge in [0, 0.05) is 19.1 Å². The lowest BCUT2D eigenvalue weighted by Crippen LogP contribution is -2.41. The van der Waals surface area contributed by atoms with E-state index in [4.69, 9.17) is 9.47 Å². The summed E-state index contributed by atoms with van der Waals surface area (Å²) in [5.74, 6) is 1.54. The zero-order chi connectivity index (χ0) is 15.1. The number of carbonyl (C=O) groups excluding carboxylic acids is 1. The fraction of sp³-hybridized carbons (Fsp3) is 0.562. The molecule has 1 heterocycles. The molecule has 0 saturated carbocycles. The van der Waals surface area contributed by atoms with Crippen molar-refractivity contribution in [2.45, 2.75) is 25.3 Å². The van der Waals surface area contributed by atoms with Gasteiger partial charge in [0.05, 0.1) is 20.1 Å². The molecule has 2 rings (SSSR count). The van der Waals surface area contributed by atoms with Crippen LogP contribution in [0.2, 0.25) is 0 Å². The van der Waals surface area contributed by atoms with E-state index in [0.29, 0.717) is 30.6 Å². The Morgan fingerprint density at radius 3 is 2.77 bits per heavy atom. The number of methoxy groups -OCH3 is 1. The van der Waals surface area contributed by atoms with E-state index in [9.17, 15) is 4.79 Å². The van der Waals surface area contributed by atoms with E-state index in [-0.39, 0.29) is 18.3 Å². The van der Waals surface area contributed by atoms with E-state index >= 15 is 0 Å². The minimum atomic E-state index is 0. The molecule has 124 valence electrons. The largest absolute Gasteiger partial charge is 0.493 e. The molecule has 1 atom stereocenters. The van der Waals surface area contributed by atoms with Crippen molar-refractivity contribution < 1.29 is 14.3 Å². The number of rotatable bonds is 7. The Labute approximate surface area is 138 Å². The number of carbonyl (C=O) groups is 1. The molecule has 6 heteroatoms. The molecule has 0 bridgehead atoms. The Balaban J connectivity index is 0.00000242. The molecule has 1 fully saturated rings. The van der Waals surface area contributed by atoms with Crippen LogP contribution in [0.5, 0.6) is 11.5 Å². The first-order valence-corrected chi connectivity index (χ1v) is 7.46. The van der Waals surface area contributed by atoms with E-state index in [1.807, 2.05) is 36.2 Å². The number of para-hydroxylation sites is 2. The number of nitrogens with zero attached hydrogens (tertiary/aromatic N) is 1. The molecule has 1 aliphatic heterocycles. The maximum absolute atomic E-state index is 12.3. The number of ether oxygens (including phenoxy) is 2. The summed E-state index contributed by atoms with van der Waals surface area (Å²) in [6, 6.07) is 7.81. The second kappa shape index (κ2) is 9.54. The van der Waals surface area contributed by atoms with Crippen LogP contribution < -0.4 is 14.8 Å². The molecule has 0 aliphatic carbocycles. The van der Waals surface area contributed by atoms with Crippen LogP contribution >= 0.6 is 12.4 Å². The molecule has 5 nitrogen and oxygen atoms in total. The van der Waals surface area contributed by atoms with Crippen molar-refractivity contribution in [2.75, 3.05) is 33.9 Å². The Bertz CT molecular complexity index is 470. The standard InChI is InChI=1S/C16H24N2O3.ClH/c1-17-12-13-6-5-10-18(13)16(19)9-11-21-15-8-4-3-7-14(15)20-2;/h3-4,7-8,13,17H,5-6,9-12H2,1-2H3;1H. The van der Waals surface area contributed by atoms with Crippen LogP contribution in [0.25, 0.3) is 0 Å². The van der Waals surface area contributed by atoms with Gasteiger partial charge in [0.2, 0.25) is 5.91 Å². The Morgan fingerprint density at radius 1 is 1.36 bits per heavy atom. The highest BCUT2D eigenvalue weighted by Crippen LogP contribution is 2.26. The van der Waals surface area contributed by atoms with E-state index in [2.05, 4.69) is 5.32 Å². The predicted molar refractivity (Wildman–Crippen MR) is 89.0 cm³/mol. The maximum atomic E-state index is 12.3. The van der Waals surface area contributed by atoms with Crippen molar-refractivity contribution in [3.8, 4) is 11.5 Å². The molecule has 1 saturated heterocycles. The maximum Gasteiger partial charge on any atom is 0.226 e. The summed E-state index contributed by atoms with van der Waals surface area (Å²) in [6.07, 6.45) is 2.57. The Hall–Kier alpha value is -1.46. The van der Waals surface area contributed by atoms with Crippen LogP contribution in [0.4, 0.5) is 0 Å². The molecule has 1 aliphatic rings. The second-order valence-corrected chi connectivity index (χ2v) is 5.19. The minimum Gasteiger partial charge on any atom is -0.493 e. The van der Waals surface area contributed by atoms with Gasteiger partial charge in [-0.2, -0.15) is 0 Å². The normalized spacial score (nSPS) is 17.0. The Morgan fingerprint density at radius 2 is 2.09 bits per heavy atom. The highest BCUT2D eigenvalue weighted by molar-refractivity contribution is 5.85. The van der Waals surface area contributed by atoms with Crippen LogP contribution in [0.15, 0.2) is 24.3 Å². The van der Waals surface area contributed by atoms with Crippen molar-refractivity contribution in [2.24, 2.45) is 0 Å². The molecule has 1 N–H and O–H groups in total. The summed E-state index contributed by atoms with van der Waals surface area (Å²) >= 11 is 0. The molecule has 1 aromatic rings. The third-order valence-electron chi connectivity index (χ3n) is 3.78. The van der Waals surface area contributed by atoms with Gasteiger partial charge in [-0.05, 0) is 32.0 Å². The molecule has 22 heavy (non-hydrogen) atoms. The smallest absolute Gasteiger partial charge is 0.226 e. The van der Waals surface area contributed by atoms with Crippen molar-refractivity contribution in [1.29, 1.82) is 0 Å². The molecule has 0 radical (unpaired) electrons. The number of benzene rings is 1. The summed E-state index contributed by atoms with van der Waals surface area (Å²) in [6.45, 7) is 2.10. The first-order valence-electron chi connectivity index (χ1n) is 7.46. The van der Waals surface area contributed by atoms with Crippen molar-refractivity contribution >= 4 is 18.3 Å². The highest BCUT2D eigenvalue weighted by atomic mass is 35.5. The van der Waals surface area contributed by atoms with Gasteiger partial charge in [0.15, 0.2) is 11.5 Å². The number of likely N-dealkylation sites (N-methyl/N-ethyl adjacent to an activating group) is 1. The monoisotopic (exact) mass is 328 g/mol. The zero-order valence-corrected chi connectivity index (χ0v) is 14.0. The summed E-state index contributed by atoms with van der Waals surface area (Å²) < 4.78 is 10.9. The highest BCUT2D eigenvalue weighted by Gasteiger charge is 2.27. The Kier molecular flexibility index (Phi) is 8.06. The average molecular weight is 329 g/mol. The molecular formula is C16H25ClN2O3. The SMILES string of the molecule is CNCC1CCCN1C(=O)CCOc1ccccc1OC.Cl. The summed E-state index contributed by atoms with van der Waals surface area (Å²) in [5.41, 5.74) is 0. The van der Waals surface area contributed by atoms with Gasteiger partial charge in [-0.1, -0.05) is 12.1 Å². The minimum absolute atomic E-state index is 0. The van der Waals surface area contributed by atoms with Gasteiger partial charge in [0.1, 0.15) is 0 Å². The molecule has 1 amide bonds. The van der Waals surface area contributed by atoms with Gasteiger partial charge in [-0.15, -0.1) is 12.4 Å². The summed E-state index contributed by atoms with van der Waals surface area (Å²) in [5, 5.41) is 3.15. The number of nitrogens with one attached hydrogen (secondary N) is 1. The van der Waals surface area contributed by atoms with Crippen molar-refractivity contribution in [3.05, 3.63) is 24.3 Å². The number of hydrogen-bond donors (Lipinski definition) is 1. The topological polar surface area (TPSA) is 50.8 Å². The molecule has 0 aromatic heterocycles.